The van der Waals surface area contributed by atoms with Crippen molar-refractivity contribution in [3.8, 4) is 5.88 Å². The zero-order valence-corrected chi connectivity index (χ0v) is 7.81. The molecule has 14 heavy (non-hydrogen) atoms. The van der Waals surface area contributed by atoms with Gasteiger partial charge >= 0.3 is 0 Å². The molecule has 0 radical (unpaired) electrons. The molecular weight excluding hydrogens is 176 g/mol. The van der Waals surface area contributed by atoms with E-state index in [9.17, 15) is 5.11 Å². The van der Waals surface area contributed by atoms with Gasteiger partial charge in [0.25, 0.3) is 0 Å². The number of para-hydroxylation sites is 1. The molecule has 1 N–H and O–H groups in total. The summed E-state index contributed by atoms with van der Waals surface area (Å²) in [7, 11) is 0. The molecule has 0 spiro atoms. The molecule has 3 nitrogen and oxygen atoms in total. The average Bonchev–Trinajstić information content (AvgIpc) is 2.18. The first-order chi connectivity index (χ1) is 6.81. The smallest absolute Gasteiger partial charge is 0.222 e. The zero-order chi connectivity index (χ0) is 9.97. The number of allylic oxidation sites excluding steroid dienone is 1. The summed E-state index contributed by atoms with van der Waals surface area (Å²) in [6.45, 7) is 1.88. The van der Waals surface area contributed by atoms with Crippen molar-refractivity contribution in [2.45, 2.75) is 6.92 Å². The molecule has 0 atom stereocenters. The third kappa shape index (κ3) is 1.44. The molecule has 1 aromatic heterocycles. The van der Waals surface area contributed by atoms with Gasteiger partial charge in [-0.2, -0.15) is 4.98 Å². The highest BCUT2D eigenvalue weighted by molar-refractivity contribution is 5.83. The minimum atomic E-state index is 0.0312. The molecule has 1 aromatic carbocycles. The van der Waals surface area contributed by atoms with Crippen LogP contribution in [0.4, 0.5) is 0 Å². The molecule has 2 aromatic rings. The number of fused-ring (bicyclic) bond motifs is 1. The summed E-state index contributed by atoms with van der Waals surface area (Å²) in [4.78, 5) is 8.22. The van der Waals surface area contributed by atoms with E-state index in [2.05, 4.69) is 9.97 Å². The third-order valence-electron chi connectivity index (χ3n) is 1.92. The fourth-order valence-electron chi connectivity index (χ4n) is 1.30. The minimum absolute atomic E-state index is 0.0312. The van der Waals surface area contributed by atoms with Crippen LogP contribution in [0.2, 0.25) is 0 Å². The number of aromatic hydroxyl groups is 1. The summed E-state index contributed by atoms with van der Waals surface area (Å²) in [6.07, 6.45) is 3.59. The summed E-state index contributed by atoms with van der Waals surface area (Å²) in [5.74, 6) is 0.562. The summed E-state index contributed by atoms with van der Waals surface area (Å²) in [5.41, 5.74) is 0.758. The molecule has 0 aliphatic heterocycles. The maximum absolute atomic E-state index is 9.59. The Hall–Kier alpha value is -1.90. The van der Waals surface area contributed by atoms with Gasteiger partial charge in [-0.25, -0.2) is 4.98 Å². The first-order valence-corrected chi connectivity index (χ1v) is 4.39. The molecule has 0 saturated carbocycles. The standard InChI is InChI=1S/C11H10N2O/c1-2-5-10-12-9-7-4-3-6-8(9)11(14)13-10/h2-7H,1H3,(H,12,13,14)/b5-2+. The molecule has 0 unspecified atom stereocenters. The number of benzene rings is 1. The molecule has 0 bridgehead atoms. The van der Waals surface area contributed by atoms with Gasteiger partial charge in [-0.1, -0.05) is 18.2 Å². The molecule has 2 rings (SSSR count). The maximum atomic E-state index is 9.59. The van der Waals surface area contributed by atoms with Gasteiger partial charge in [-0.15, -0.1) is 0 Å². The lowest BCUT2D eigenvalue weighted by Crippen LogP contribution is -1.89. The van der Waals surface area contributed by atoms with Crippen molar-refractivity contribution in [1.82, 2.24) is 9.97 Å². The Bertz CT molecular complexity index is 492. The number of hydrogen-bond donors (Lipinski definition) is 1. The van der Waals surface area contributed by atoms with Gasteiger partial charge in [-0.05, 0) is 25.1 Å². The third-order valence-corrected chi connectivity index (χ3v) is 1.92. The SMILES string of the molecule is C/C=C/c1nc(O)c2ccccc2n1. The topological polar surface area (TPSA) is 46.0 Å². The monoisotopic (exact) mass is 186 g/mol. The Morgan fingerprint density at radius 2 is 2.00 bits per heavy atom. The van der Waals surface area contributed by atoms with Gasteiger partial charge in [-0.3, -0.25) is 0 Å². The van der Waals surface area contributed by atoms with E-state index in [4.69, 9.17) is 0 Å². The Morgan fingerprint density at radius 1 is 1.21 bits per heavy atom. The van der Waals surface area contributed by atoms with E-state index in [1.165, 1.54) is 0 Å². The molecule has 3 heteroatoms. The van der Waals surface area contributed by atoms with Crippen molar-refractivity contribution in [3.05, 3.63) is 36.2 Å². The fraction of sp³-hybridized carbons (Fsp3) is 0.0909. The van der Waals surface area contributed by atoms with Crippen LogP contribution in [-0.4, -0.2) is 15.1 Å². The van der Waals surface area contributed by atoms with Crippen LogP contribution in [0.25, 0.3) is 17.0 Å². The van der Waals surface area contributed by atoms with Crippen molar-refractivity contribution in [2.24, 2.45) is 0 Å². The summed E-state index contributed by atoms with van der Waals surface area (Å²) >= 11 is 0. The van der Waals surface area contributed by atoms with Crippen molar-refractivity contribution in [2.75, 3.05) is 0 Å². The van der Waals surface area contributed by atoms with E-state index in [1.807, 2.05) is 31.2 Å². The normalized spacial score (nSPS) is 11.2. The second kappa shape index (κ2) is 3.46. The maximum Gasteiger partial charge on any atom is 0.222 e. The second-order valence-electron chi connectivity index (χ2n) is 2.92. The van der Waals surface area contributed by atoms with Crippen LogP contribution in [0.1, 0.15) is 12.7 Å². The quantitative estimate of drug-likeness (QED) is 0.743. The Kier molecular flexibility index (Phi) is 2.14. The van der Waals surface area contributed by atoms with Gasteiger partial charge in [0.15, 0.2) is 5.82 Å². The van der Waals surface area contributed by atoms with Crippen LogP contribution >= 0.6 is 0 Å². The predicted molar refractivity (Wildman–Crippen MR) is 55.9 cm³/mol. The highest BCUT2D eigenvalue weighted by atomic mass is 16.3. The first kappa shape index (κ1) is 8.69. The number of rotatable bonds is 1. The van der Waals surface area contributed by atoms with Crippen LogP contribution < -0.4 is 0 Å². The van der Waals surface area contributed by atoms with Gasteiger partial charge in [0.05, 0.1) is 10.9 Å². The summed E-state index contributed by atoms with van der Waals surface area (Å²) < 4.78 is 0. The van der Waals surface area contributed by atoms with Crippen molar-refractivity contribution >= 4 is 17.0 Å². The molecule has 0 amide bonds. The van der Waals surface area contributed by atoms with Crippen LogP contribution in [0.3, 0.4) is 0 Å². The number of nitrogens with zero attached hydrogens (tertiary/aromatic N) is 2. The van der Waals surface area contributed by atoms with E-state index in [1.54, 1.807) is 12.1 Å². The lowest BCUT2D eigenvalue weighted by atomic mass is 10.2. The second-order valence-corrected chi connectivity index (χ2v) is 2.92. The van der Waals surface area contributed by atoms with Gasteiger partial charge < -0.3 is 5.11 Å². The van der Waals surface area contributed by atoms with E-state index in [-0.39, 0.29) is 5.88 Å². The molecule has 0 aliphatic rings. The molecular formula is C11H10N2O. The van der Waals surface area contributed by atoms with Gasteiger partial charge in [0, 0.05) is 0 Å². The van der Waals surface area contributed by atoms with E-state index >= 15 is 0 Å². The first-order valence-electron chi connectivity index (χ1n) is 4.39. The van der Waals surface area contributed by atoms with E-state index < -0.39 is 0 Å². The molecule has 70 valence electrons. The van der Waals surface area contributed by atoms with Crippen molar-refractivity contribution < 1.29 is 5.11 Å². The predicted octanol–water partition coefficient (Wildman–Crippen LogP) is 2.37. The molecule has 0 aliphatic carbocycles. The Morgan fingerprint density at radius 3 is 2.79 bits per heavy atom. The molecule has 0 saturated heterocycles. The summed E-state index contributed by atoms with van der Waals surface area (Å²) in [5, 5.41) is 10.3. The average molecular weight is 186 g/mol. The largest absolute Gasteiger partial charge is 0.493 e. The lowest BCUT2D eigenvalue weighted by Gasteiger charge is -2.00. The number of hydrogen-bond acceptors (Lipinski definition) is 3. The highest BCUT2D eigenvalue weighted by Gasteiger charge is 2.02. The number of aromatic nitrogens is 2. The van der Waals surface area contributed by atoms with Crippen LogP contribution in [-0.2, 0) is 0 Å². The van der Waals surface area contributed by atoms with Crippen molar-refractivity contribution in [1.29, 1.82) is 0 Å². The van der Waals surface area contributed by atoms with Crippen molar-refractivity contribution in [3.63, 3.8) is 0 Å². The molecule has 0 fully saturated rings. The Labute approximate surface area is 81.8 Å². The fourth-order valence-corrected chi connectivity index (χ4v) is 1.30. The van der Waals surface area contributed by atoms with Gasteiger partial charge in [0.1, 0.15) is 0 Å². The Balaban J connectivity index is 2.72. The van der Waals surface area contributed by atoms with Crippen LogP contribution in [0.15, 0.2) is 30.3 Å². The summed E-state index contributed by atoms with van der Waals surface area (Å²) in [6, 6.07) is 7.38. The molecule has 1 heterocycles. The van der Waals surface area contributed by atoms with Crippen LogP contribution in [0.5, 0.6) is 5.88 Å². The van der Waals surface area contributed by atoms with Crippen LogP contribution in [0, 0.1) is 0 Å². The lowest BCUT2D eigenvalue weighted by molar-refractivity contribution is 0.459. The minimum Gasteiger partial charge on any atom is -0.493 e. The van der Waals surface area contributed by atoms with E-state index in [0.29, 0.717) is 11.2 Å². The van der Waals surface area contributed by atoms with Gasteiger partial charge in [0.2, 0.25) is 5.88 Å². The highest BCUT2D eigenvalue weighted by Crippen LogP contribution is 2.20. The zero-order valence-electron chi connectivity index (χ0n) is 7.81. The van der Waals surface area contributed by atoms with E-state index in [0.717, 1.165) is 5.52 Å².